The zero-order chi connectivity index (χ0) is 20.6. The fraction of sp³-hybridized carbons (Fsp3) is 0.444. The Morgan fingerprint density at radius 3 is 2.97 bits per heavy atom. The molecule has 0 bridgehead atoms. The molecule has 29 heavy (non-hydrogen) atoms. The second-order valence-corrected chi connectivity index (χ2v) is 7.55. The first-order chi connectivity index (χ1) is 14.0. The number of hydrogen-bond acceptors (Lipinski definition) is 11. The summed E-state index contributed by atoms with van der Waals surface area (Å²) in [6.45, 7) is 3.17. The van der Waals surface area contributed by atoms with E-state index in [-0.39, 0.29) is 18.2 Å². The van der Waals surface area contributed by atoms with E-state index in [0.29, 0.717) is 30.7 Å². The van der Waals surface area contributed by atoms with E-state index in [2.05, 4.69) is 33.1 Å². The lowest BCUT2D eigenvalue weighted by molar-refractivity contribution is -0.114. The molecule has 0 saturated carbocycles. The fourth-order valence-corrected chi connectivity index (χ4v) is 3.15. The number of allylic oxidation sites excluding steroid dienone is 4. The van der Waals surface area contributed by atoms with Crippen molar-refractivity contribution in [3.8, 4) is 0 Å². The van der Waals surface area contributed by atoms with Crippen LogP contribution in [0.3, 0.4) is 0 Å². The molecule has 0 fully saturated rings. The SMILES string of the molecule is COC1=CC=C([C@H](C)CCOC2=CC(=NCC3=CNNS3)C(=O)CN(C)N2)NO1. The van der Waals surface area contributed by atoms with E-state index in [9.17, 15) is 4.79 Å². The Kier molecular flexibility index (Phi) is 7.44. The number of hydrazine groups is 2. The lowest BCUT2D eigenvalue weighted by Crippen LogP contribution is -2.37. The monoisotopic (exact) mass is 422 g/mol. The summed E-state index contributed by atoms with van der Waals surface area (Å²) in [6.07, 6.45) is 7.93. The number of nitrogens with zero attached hydrogens (tertiary/aromatic N) is 2. The minimum absolute atomic E-state index is 0.0640. The van der Waals surface area contributed by atoms with Gasteiger partial charge in [0.05, 0.1) is 32.5 Å². The maximum absolute atomic E-state index is 12.4. The summed E-state index contributed by atoms with van der Waals surface area (Å²) in [5, 5.41) is 1.68. The highest BCUT2D eigenvalue weighted by Crippen LogP contribution is 2.18. The lowest BCUT2D eigenvalue weighted by Gasteiger charge is -2.22. The van der Waals surface area contributed by atoms with E-state index < -0.39 is 0 Å². The Morgan fingerprint density at radius 2 is 2.28 bits per heavy atom. The number of ketones is 1. The van der Waals surface area contributed by atoms with Crippen molar-refractivity contribution >= 4 is 23.4 Å². The number of carbonyl (C=O) groups excluding carboxylic acids is 1. The summed E-state index contributed by atoms with van der Waals surface area (Å²) in [5.74, 6) is 1.04. The molecule has 4 N–H and O–H groups in total. The summed E-state index contributed by atoms with van der Waals surface area (Å²) in [6, 6.07) is 0. The average Bonchev–Trinajstić information content (AvgIpc) is 3.19. The van der Waals surface area contributed by atoms with Crippen molar-refractivity contribution in [1.29, 1.82) is 0 Å². The van der Waals surface area contributed by atoms with Crippen LogP contribution in [-0.2, 0) is 19.1 Å². The van der Waals surface area contributed by atoms with Crippen LogP contribution in [0.15, 0.2) is 51.9 Å². The molecule has 3 aliphatic rings. The van der Waals surface area contributed by atoms with E-state index >= 15 is 0 Å². The minimum atomic E-state index is -0.0640. The number of hydroxylamine groups is 1. The van der Waals surface area contributed by atoms with Gasteiger partial charge >= 0.3 is 5.95 Å². The largest absolute Gasteiger partial charge is 0.478 e. The Labute approximate surface area is 174 Å². The zero-order valence-corrected chi connectivity index (χ0v) is 17.5. The van der Waals surface area contributed by atoms with Crippen molar-refractivity contribution in [2.45, 2.75) is 13.3 Å². The highest BCUT2D eigenvalue weighted by Gasteiger charge is 2.20. The standard InChI is InChI=1S/C18H26N6O4S/c1-12(14-4-5-18(26-3)28-22-14)6-7-27-17-8-15(16(25)11-24(2)21-17)19-9-13-10-20-23-29-13/h4-5,8,10,12,20-23H,6-7,9,11H2,1-3H3/t12-/m1/s1. The number of methoxy groups -OCH3 is 1. The molecule has 11 heteroatoms. The Morgan fingerprint density at radius 1 is 1.41 bits per heavy atom. The van der Waals surface area contributed by atoms with Gasteiger partial charge in [-0.25, -0.2) is 10.5 Å². The third kappa shape index (κ3) is 6.17. The van der Waals surface area contributed by atoms with Crippen molar-refractivity contribution in [2.24, 2.45) is 10.9 Å². The molecule has 158 valence electrons. The van der Waals surface area contributed by atoms with E-state index in [4.69, 9.17) is 14.3 Å². The molecule has 0 aliphatic carbocycles. The number of rotatable bonds is 8. The van der Waals surface area contributed by atoms with E-state index in [1.807, 2.05) is 12.3 Å². The van der Waals surface area contributed by atoms with Gasteiger partial charge in [-0.2, -0.15) is 4.83 Å². The van der Waals surface area contributed by atoms with Gasteiger partial charge in [-0.3, -0.25) is 15.2 Å². The molecule has 0 radical (unpaired) electrons. The Bertz CT molecular complexity index is 776. The Hall–Kier alpha value is -2.63. The predicted octanol–water partition coefficient (Wildman–Crippen LogP) is 0.835. The van der Waals surface area contributed by atoms with Crippen molar-refractivity contribution in [1.82, 2.24) is 26.2 Å². The van der Waals surface area contributed by atoms with Crippen LogP contribution in [0.2, 0.25) is 0 Å². The topological polar surface area (TPSA) is 108 Å². The van der Waals surface area contributed by atoms with Crippen LogP contribution in [0.4, 0.5) is 0 Å². The number of carbonyl (C=O) groups is 1. The van der Waals surface area contributed by atoms with Gasteiger partial charge in [-0.1, -0.05) is 6.92 Å². The Balaban J connectivity index is 1.56. The minimum Gasteiger partial charge on any atom is -0.478 e. The van der Waals surface area contributed by atoms with Gasteiger partial charge < -0.3 is 19.7 Å². The van der Waals surface area contributed by atoms with Gasteiger partial charge in [0.1, 0.15) is 5.71 Å². The maximum Gasteiger partial charge on any atom is 0.306 e. The van der Waals surface area contributed by atoms with Crippen molar-refractivity contribution in [3.05, 3.63) is 46.9 Å². The first-order valence-electron chi connectivity index (χ1n) is 9.20. The van der Waals surface area contributed by atoms with Crippen LogP contribution < -0.4 is 21.2 Å². The summed E-state index contributed by atoms with van der Waals surface area (Å²) in [7, 11) is 3.34. The zero-order valence-electron chi connectivity index (χ0n) is 16.7. The molecule has 3 heterocycles. The third-order valence-corrected chi connectivity index (χ3v) is 5.05. The molecular weight excluding hydrogens is 396 g/mol. The summed E-state index contributed by atoms with van der Waals surface area (Å²) >= 11 is 1.44. The van der Waals surface area contributed by atoms with Crippen LogP contribution in [0.1, 0.15) is 13.3 Å². The van der Waals surface area contributed by atoms with Crippen molar-refractivity contribution in [3.63, 3.8) is 0 Å². The molecule has 0 saturated heterocycles. The number of Topliss-reactive ketones (excluding diaryl/α,β-unsaturated/α-hetero) is 1. The van der Waals surface area contributed by atoms with E-state index in [1.54, 1.807) is 31.3 Å². The van der Waals surface area contributed by atoms with Gasteiger partial charge in [0.2, 0.25) is 5.88 Å². The summed E-state index contributed by atoms with van der Waals surface area (Å²) < 4.78 is 10.9. The summed E-state index contributed by atoms with van der Waals surface area (Å²) in [4.78, 5) is 26.0. The van der Waals surface area contributed by atoms with E-state index in [1.165, 1.54) is 11.9 Å². The van der Waals surface area contributed by atoms with Crippen molar-refractivity contribution < 1.29 is 19.1 Å². The van der Waals surface area contributed by atoms with E-state index in [0.717, 1.165) is 17.0 Å². The number of likely N-dealkylation sites (N-methyl/N-ethyl adjacent to an activating group) is 1. The van der Waals surface area contributed by atoms with Crippen LogP contribution in [0, 0.1) is 5.92 Å². The van der Waals surface area contributed by atoms with Crippen LogP contribution in [0.25, 0.3) is 0 Å². The molecule has 0 amide bonds. The fourth-order valence-electron chi connectivity index (χ4n) is 2.66. The molecule has 1 atom stereocenters. The first kappa shape index (κ1) is 21.1. The summed E-state index contributed by atoms with van der Waals surface area (Å²) in [5.41, 5.74) is 10.2. The van der Waals surface area contributed by atoms with Crippen LogP contribution >= 0.6 is 11.9 Å². The predicted molar refractivity (Wildman–Crippen MR) is 110 cm³/mol. The van der Waals surface area contributed by atoms with Crippen LogP contribution in [0.5, 0.6) is 0 Å². The lowest BCUT2D eigenvalue weighted by atomic mass is 10.0. The van der Waals surface area contributed by atoms with Gasteiger partial charge in [0, 0.05) is 36.2 Å². The molecule has 10 nitrogen and oxygen atoms in total. The number of aliphatic imine (C=N–C) groups is 1. The van der Waals surface area contributed by atoms with Crippen molar-refractivity contribution in [2.75, 3.05) is 33.9 Å². The molecular formula is C18H26N6O4S. The average molecular weight is 423 g/mol. The maximum atomic E-state index is 12.4. The second kappa shape index (κ2) is 10.2. The number of nitrogens with one attached hydrogen (secondary N) is 4. The molecule has 3 aliphatic heterocycles. The van der Waals surface area contributed by atoms with Gasteiger partial charge in [0.25, 0.3) is 0 Å². The second-order valence-electron chi connectivity index (χ2n) is 6.61. The number of hydrogen-bond donors (Lipinski definition) is 4. The normalized spacial score (nSPS) is 22.0. The first-order valence-corrected chi connectivity index (χ1v) is 10.0. The molecule has 0 aromatic rings. The van der Waals surface area contributed by atoms with Gasteiger partial charge in [-0.15, -0.1) is 0 Å². The smallest absolute Gasteiger partial charge is 0.306 e. The molecule has 0 aromatic carbocycles. The quantitative estimate of drug-likeness (QED) is 0.420. The molecule has 0 spiro atoms. The van der Waals surface area contributed by atoms with Gasteiger partial charge in [0.15, 0.2) is 5.78 Å². The third-order valence-electron chi connectivity index (χ3n) is 4.32. The number of ether oxygens (including phenoxy) is 2. The highest BCUT2D eigenvalue weighted by molar-refractivity contribution is 8.01. The van der Waals surface area contributed by atoms with Gasteiger partial charge in [-0.05, 0) is 24.4 Å². The molecule has 0 aromatic heterocycles. The molecule has 3 rings (SSSR count). The van der Waals surface area contributed by atoms with Crippen LogP contribution in [-0.4, -0.2) is 50.4 Å². The highest BCUT2D eigenvalue weighted by atomic mass is 32.2. The molecule has 0 unspecified atom stereocenters.